The molecule has 0 amide bonds. The van der Waals surface area contributed by atoms with E-state index in [1.54, 1.807) is 48.5 Å². The molecule has 0 aliphatic rings. The summed E-state index contributed by atoms with van der Waals surface area (Å²) in [6.07, 6.45) is 0. The summed E-state index contributed by atoms with van der Waals surface area (Å²) in [6, 6.07) is 24.3. The van der Waals surface area contributed by atoms with Crippen LogP contribution in [0.25, 0.3) is 0 Å². The number of rotatable bonds is 4. The minimum absolute atomic E-state index is 0.385. The maximum atomic E-state index is 13.7. The Morgan fingerprint density at radius 1 is 0.310 bits per heavy atom. The Morgan fingerprint density at radius 3 is 0.655 bits per heavy atom. The summed E-state index contributed by atoms with van der Waals surface area (Å²) in [4.78, 5) is 0. The molecule has 0 aliphatic carbocycles. The lowest BCUT2D eigenvalue weighted by Gasteiger charge is -2.27. The Bertz CT molecular complexity index is 916. The third kappa shape index (κ3) is 3.56. The van der Waals surface area contributed by atoms with Crippen LogP contribution in [-0.2, 0) is 0 Å². The largest absolute Gasteiger partial charge is 0.207 e. The molecule has 0 nitrogen and oxygen atoms in total. The minimum Gasteiger partial charge on any atom is -0.207 e. The van der Waals surface area contributed by atoms with Crippen molar-refractivity contribution in [1.29, 1.82) is 0 Å². The quantitative estimate of drug-likeness (QED) is 0.332. The fraction of sp³-hybridized carbons (Fsp3) is 0. The van der Waals surface area contributed by atoms with E-state index in [0.717, 1.165) is 21.2 Å². The maximum absolute atomic E-state index is 13.7. The Labute approximate surface area is 166 Å². The third-order valence-electron chi connectivity index (χ3n) is 4.86. The van der Waals surface area contributed by atoms with E-state index in [4.69, 9.17) is 0 Å². The molecule has 144 valence electrons. The van der Waals surface area contributed by atoms with Gasteiger partial charge in [0.05, 0.1) is 0 Å². The van der Waals surface area contributed by atoms with Gasteiger partial charge in [-0.25, -0.2) is 17.6 Å². The van der Waals surface area contributed by atoms with Crippen molar-refractivity contribution in [3.05, 3.63) is 120 Å². The number of halogens is 4. The summed E-state index contributed by atoms with van der Waals surface area (Å²) in [5.74, 6) is -1.54. The molecule has 0 radical (unpaired) electrons. The SMILES string of the molecule is Fc1ccc([P+](c2ccc(F)cc2)(c2ccc(F)cc2)c2ccc(F)cc2)cc1. The smallest absolute Gasteiger partial charge is 0.144 e. The standard InChI is InChI=1S/C24H16F4P/c25-17-1-9-21(10-2-17)29(22-11-3-18(26)4-12-22,23-13-5-19(27)6-14-23)24-15-7-20(28)8-16-24/h1-16H/q+1. The van der Waals surface area contributed by atoms with Gasteiger partial charge in [-0.05, 0) is 97.1 Å². The van der Waals surface area contributed by atoms with Crippen LogP contribution < -0.4 is 21.2 Å². The zero-order valence-electron chi connectivity index (χ0n) is 15.2. The van der Waals surface area contributed by atoms with E-state index in [1.165, 1.54) is 48.5 Å². The van der Waals surface area contributed by atoms with Crippen molar-refractivity contribution in [3.63, 3.8) is 0 Å². The van der Waals surface area contributed by atoms with Crippen molar-refractivity contribution < 1.29 is 17.6 Å². The molecule has 0 N–H and O–H groups in total. The van der Waals surface area contributed by atoms with Crippen molar-refractivity contribution in [3.8, 4) is 0 Å². The highest BCUT2D eigenvalue weighted by atomic mass is 31.2. The fourth-order valence-corrected chi connectivity index (χ4v) is 7.73. The van der Waals surface area contributed by atoms with Crippen molar-refractivity contribution in [2.45, 2.75) is 0 Å². The summed E-state index contributed by atoms with van der Waals surface area (Å²) >= 11 is 0. The van der Waals surface area contributed by atoms with Gasteiger partial charge in [0, 0.05) is 0 Å². The van der Waals surface area contributed by atoms with Gasteiger partial charge >= 0.3 is 0 Å². The third-order valence-corrected chi connectivity index (χ3v) is 9.15. The molecule has 0 spiro atoms. The lowest BCUT2D eigenvalue weighted by atomic mass is 10.3. The summed E-state index contributed by atoms with van der Waals surface area (Å²) in [7, 11) is -2.65. The molecule has 0 aliphatic heterocycles. The topological polar surface area (TPSA) is 0 Å². The maximum Gasteiger partial charge on any atom is 0.144 e. The molecular weight excluding hydrogens is 395 g/mol. The first kappa shape index (κ1) is 19.4. The van der Waals surface area contributed by atoms with Crippen molar-refractivity contribution in [2.75, 3.05) is 0 Å². The summed E-state index contributed by atoms with van der Waals surface area (Å²) in [5, 5.41) is 3.18. The summed E-state index contributed by atoms with van der Waals surface area (Å²) in [6.45, 7) is 0. The van der Waals surface area contributed by atoms with Crippen LogP contribution >= 0.6 is 7.26 Å². The lowest BCUT2D eigenvalue weighted by Crippen LogP contribution is -2.38. The first-order valence-electron chi connectivity index (χ1n) is 8.94. The van der Waals surface area contributed by atoms with Crippen LogP contribution in [0.4, 0.5) is 17.6 Å². The lowest BCUT2D eigenvalue weighted by molar-refractivity contribution is 0.628. The highest BCUT2D eigenvalue weighted by Crippen LogP contribution is 2.54. The second kappa shape index (κ2) is 7.81. The Hall–Kier alpha value is -2.97. The number of hydrogen-bond acceptors (Lipinski definition) is 0. The molecule has 0 bridgehead atoms. The van der Waals surface area contributed by atoms with Crippen LogP contribution in [0.3, 0.4) is 0 Å². The summed E-state index contributed by atoms with van der Waals surface area (Å²) in [5.41, 5.74) is 0. The molecule has 0 unspecified atom stereocenters. The molecule has 5 heteroatoms. The van der Waals surface area contributed by atoms with Gasteiger partial charge in [-0.2, -0.15) is 0 Å². The molecule has 4 aromatic carbocycles. The molecule has 4 rings (SSSR count). The highest BCUT2D eigenvalue weighted by Gasteiger charge is 2.48. The highest BCUT2D eigenvalue weighted by molar-refractivity contribution is 8.01. The zero-order chi connectivity index (χ0) is 20.4. The molecule has 0 saturated carbocycles. The van der Waals surface area contributed by atoms with Crippen molar-refractivity contribution in [2.24, 2.45) is 0 Å². The van der Waals surface area contributed by atoms with Gasteiger partial charge in [0.1, 0.15) is 51.7 Å². The van der Waals surface area contributed by atoms with Crippen LogP contribution in [0, 0.1) is 23.3 Å². The van der Waals surface area contributed by atoms with Crippen LogP contribution in [0.15, 0.2) is 97.1 Å². The van der Waals surface area contributed by atoms with Crippen LogP contribution in [0.2, 0.25) is 0 Å². The van der Waals surface area contributed by atoms with Gasteiger partial charge in [-0.15, -0.1) is 0 Å². The minimum atomic E-state index is -2.65. The molecular formula is C24H16F4P+. The van der Waals surface area contributed by atoms with E-state index in [0.29, 0.717) is 0 Å². The second-order valence-corrected chi connectivity index (χ2v) is 9.98. The first-order chi connectivity index (χ1) is 14.0. The van der Waals surface area contributed by atoms with Gasteiger partial charge in [-0.3, -0.25) is 0 Å². The van der Waals surface area contributed by atoms with Gasteiger partial charge in [0.25, 0.3) is 0 Å². The molecule has 0 atom stereocenters. The van der Waals surface area contributed by atoms with Gasteiger partial charge in [-0.1, -0.05) is 0 Å². The van der Waals surface area contributed by atoms with Crippen molar-refractivity contribution >= 4 is 28.5 Å². The second-order valence-electron chi connectivity index (χ2n) is 6.58. The first-order valence-corrected chi connectivity index (χ1v) is 10.7. The van der Waals surface area contributed by atoms with Crippen LogP contribution in [0.5, 0.6) is 0 Å². The molecule has 29 heavy (non-hydrogen) atoms. The van der Waals surface area contributed by atoms with Crippen LogP contribution in [0.1, 0.15) is 0 Å². The Morgan fingerprint density at radius 2 is 0.483 bits per heavy atom. The molecule has 0 saturated heterocycles. The molecule has 0 fully saturated rings. The van der Waals surface area contributed by atoms with Gasteiger partial charge in [0.15, 0.2) is 0 Å². The van der Waals surface area contributed by atoms with Gasteiger partial charge < -0.3 is 0 Å². The average Bonchev–Trinajstić information content (AvgIpc) is 2.73. The molecule has 4 aromatic rings. The zero-order valence-corrected chi connectivity index (χ0v) is 16.1. The van der Waals surface area contributed by atoms with E-state index < -0.39 is 7.26 Å². The molecule has 0 aromatic heterocycles. The predicted octanol–water partition coefficient (Wildman–Crippen LogP) is 4.86. The predicted molar refractivity (Wildman–Crippen MR) is 111 cm³/mol. The van der Waals surface area contributed by atoms with E-state index in [9.17, 15) is 17.6 Å². The normalized spacial score (nSPS) is 11.4. The van der Waals surface area contributed by atoms with E-state index in [1.807, 2.05) is 0 Å². The van der Waals surface area contributed by atoms with E-state index in [2.05, 4.69) is 0 Å². The fourth-order valence-electron chi connectivity index (χ4n) is 3.55. The van der Waals surface area contributed by atoms with Crippen molar-refractivity contribution in [1.82, 2.24) is 0 Å². The number of hydrogen-bond donors (Lipinski definition) is 0. The Balaban J connectivity index is 2.11. The number of benzene rings is 4. The summed E-state index contributed by atoms with van der Waals surface area (Å²) < 4.78 is 54.8. The Kier molecular flexibility index (Phi) is 5.21. The van der Waals surface area contributed by atoms with Gasteiger partial charge in [0.2, 0.25) is 0 Å². The monoisotopic (exact) mass is 411 g/mol. The van der Waals surface area contributed by atoms with Crippen LogP contribution in [-0.4, -0.2) is 0 Å². The van der Waals surface area contributed by atoms with E-state index >= 15 is 0 Å². The van der Waals surface area contributed by atoms with E-state index in [-0.39, 0.29) is 23.3 Å². The average molecular weight is 411 g/mol. The molecule has 0 heterocycles.